The molecule has 1 amide bonds. The SMILES string of the molecule is N#Cc1c(-c2cccc(Cl)c2)nc(SCC(=O)Nc2ccc(Oc3ccccc3)cc2)[nH]c1=O. The Kier molecular flexibility index (Phi) is 7.28. The largest absolute Gasteiger partial charge is 0.457 e. The number of ether oxygens (including phenoxy) is 1. The number of para-hydroxylation sites is 1. The molecule has 3 aromatic carbocycles. The quantitative estimate of drug-likeness (QED) is 0.263. The number of amides is 1. The van der Waals surface area contributed by atoms with Crippen molar-refractivity contribution >= 4 is 35.0 Å². The number of aromatic nitrogens is 2. The summed E-state index contributed by atoms with van der Waals surface area (Å²) in [5.74, 6) is 1.09. The van der Waals surface area contributed by atoms with Crippen LogP contribution in [0.1, 0.15) is 5.56 Å². The van der Waals surface area contributed by atoms with Crippen LogP contribution < -0.4 is 15.6 Å². The van der Waals surface area contributed by atoms with Gasteiger partial charge in [-0.3, -0.25) is 9.59 Å². The molecule has 2 N–H and O–H groups in total. The first-order valence-electron chi connectivity index (χ1n) is 10.1. The molecule has 0 saturated carbocycles. The van der Waals surface area contributed by atoms with Crippen LogP contribution in [0.5, 0.6) is 11.5 Å². The van der Waals surface area contributed by atoms with Gasteiger partial charge < -0.3 is 15.0 Å². The normalized spacial score (nSPS) is 10.4. The molecule has 4 rings (SSSR count). The lowest BCUT2D eigenvalue weighted by Crippen LogP contribution is -2.17. The van der Waals surface area contributed by atoms with E-state index >= 15 is 0 Å². The van der Waals surface area contributed by atoms with Gasteiger partial charge >= 0.3 is 0 Å². The van der Waals surface area contributed by atoms with E-state index in [-0.39, 0.29) is 28.1 Å². The molecule has 0 fully saturated rings. The van der Waals surface area contributed by atoms with Crippen LogP contribution in [0, 0.1) is 11.3 Å². The van der Waals surface area contributed by atoms with Gasteiger partial charge in [0.2, 0.25) is 5.91 Å². The van der Waals surface area contributed by atoms with E-state index in [0.717, 1.165) is 17.5 Å². The van der Waals surface area contributed by atoms with Gasteiger partial charge in [-0.25, -0.2) is 4.98 Å². The van der Waals surface area contributed by atoms with Gasteiger partial charge in [-0.15, -0.1) is 0 Å². The summed E-state index contributed by atoms with van der Waals surface area (Å²) >= 11 is 7.09. The minimum absolute atomic E-state index is 0.00604. The Balaban J connectivity index is 1.41. The standard InChI is InChI=1S/C25H17ClN4O3S/c26-17-6-4-5-16(13-17)23-21(14-27)24(32)30-25(29-23)34-15-22(31)28-18-9-11-20(12-10-18)33-19-7-2-1-3-8-19/h1-13H,15H2,(H,28,31)(H,29,30,32). The second-order valence-electron chi connectivity index (χ2n) is 6.99. The number of carbonyl (C=O) groups excluding carboxylic acids is 1. The first-order valence-corrected chi connectivity index (χ1v) is 11.4. The van der Waals surface area contributed by atoms with Crippen LogP contribution in [-0.4, -0.2) is 21.6 Å². The molecule has 1 aromatic heterocycles. The third kappa shape index (κ3) is 5.84. The predicted molar refractivity (Wildman–Crippen MR) is 132 cm³/mol. The van der Waals surface area contributed by atoms with Crippen molar-refractivity contribution < 1.29 is 9.53 Å². The molecule has 0 aliphatic rings. The number of hydrogen-bond donors (Lipinski definition) is 2. The second-order valence-corrected chi connectivity index (χ2v) is 8.39. The fraction of sp³-hybridized carbons (Fsp3) is 0.0400. The number of halogens is 1. The van der Waals surface area contributed by atoms with E-state index < -0.39 is 5.56 Å². The number of anilines is 1. The number of benzene rings is 3. The van der Waals surface area contributed by atoms with E-state index in [2.05, 4.69) is 15.3 Å². The molecule has 0 atom stereocenters. The van der Waals surface area contributed by atoms with Crippen molar-refractivity contribution in [1.82, 2.24) is 9.97 Å². The van der Waals surface area contributed by atoms with Crippen molar-refractivity contribution in [3.63, 3.8) is 0 Å². The van der Waals surface area contributed by atoms with Gasteiger partial charge in [-0.05, 0) is 48.5 Å². The van der Waals surface area contributed by atoms with Gasteiger partial charge in [-0.1, -0.05) is 53.7 Å². The number of nitrogens with one attached hydrogen (secondary N) is 2. The van der Waals surface area contributed by atoms with Crippen molar-refractivity contribution in [2.24, 2.45) is 0 Å². The molecule has 0 aliphatic heterocycles. The summed E-state index contributed by atoms with van der Waals surface area (Å²) < 4.78 is 5.74. The zero-order valence-corrected chi connectivity index (χ0v) is 19.2. The van der Waals surface area contributed by atoms with Crippen molar-refractivity contribution in [2.45, 2.75) is 5.16 Å². The summed E-state index contributed by atoms with van der Waals surface area (Å²) in [5.41, 5.74) is 0.662. The summed E-state index contributed by atoms with van der Waals surface area (Å²) in [6.45, 7) is 0. The average molecular weight is 489 g/mol. The third-order valence-corrected chi connectivity index (χ3v) is 5.67. The highest BCUT2D eigenvalue weighted by Crippen LogP contribution is 2.25. The molecule has 1 heterocycles. The van der Waals surface area contributed by atoms with E-state index in [1.807, 2.05) is 36.4 Å². The second kappa shape index (κ2) is 10.7. The average Bonchev–Trinajstić information content (AvgIpc) is 2.84. The minimum atomic E-state index is -0.579. The maximum atomic E-state index is 12.4. The van der Waals surface area contributed by atoms with Crippen LogP contribution >= 0.6 is 23.4 Å². The molecule has 0 aliphatic carbocycles. The van der Waals surface area contributed by atoms with Gasteiger partial charge in [0.05, 0.1) is 11.4 Å². The monoisotopic (exact) mass is 488 g/mol. The molecular weight excluding hydrogens is 472 g/mol. The highest BCUT2D eigenvalue weighted by molar-refractivity contribution is 7.99. The summed E-state index contributed by atoms with van der Waals surface area (Å²) in [6.07, 6.45) is 0. The topological polar surface area (TPSA) is 108 Å². The molecule has 9 heteroatoms. The minimum Gasteiger partial charge on any atom is -0.457 e. The zero-order chi connectivity index (χ0) is 23.9. The number of nitrogens with zero attached hydrogens (tertiary/aromatic N) is 2. The molecular formula is C25H17ClN4O3S. The van der Waals surface area contributed by atoms with Crippen molar-refractivity contribution in [3.05, 3.63) is 99.8 Å². The number of aromatic amines is 1. The molecule has 7 nitrogen and oxygen atoms in total. The summed E-state index contributed by atoms with van der Waals surface area (Å²) in [6, 6.07) is 25.0. The van der Waals surface area contributed by atoms with Gasteiger partial charge in [0.1, 0.15) is 23.1 Å². The Morgan fingerprint density at radius 3 is 2.50 bits per heavy atom. The molecule has 168 valence electrons. The van der Waals surface area contributed by atoms with E-state index in [9.17, 15) is 14.9 Å². The van der Waals surface area contributed by atoms with Crippen LogP contribution in [-0.2, 0) is 4.79 Å². The van der Waals surface area contributed by atoms with Gasteiger partial charge in [-0.2, -0.15) is 5.26 Å². The van der Waals surface area contributed by atoms with Crippen LogP contribution in [0.4, 0.5) is 5.69 Å². The highest BCUT2D eigenvalue weighted by atomic mass is 35.5. The first-order chi connectivity index (χ1) is 16.5. The maximum absolute atomic E-state index is 12.4. The molecule has 0 radical (unpaired) electrons. The molecule has 34 heavy (non-hydrogen) atoms. The van der Waals surface area contributed by atoms with Gasteiger partial charge in [0, 0.05) is 16.3 Å². The number of nitriles is 1. The molecule has 0 saturated heterocycles. The lowest BCUT2D eigenvalue weighted by Gasteiger charge is -2.09. The predicted octanol–water partition coefficient (Wildman–Crippen LogP) is 5.49. The number of thioether (sulfide) groups is 1. The molecule has 0 bridgehead atoms. The summed E-state index contributed by atoms with van der Waals surface area (Å²) in [4.78, 5) is 31.7. The number of carbonyl (C=O) groups is 1. The molecule has 0 unspecified atom stereocenters. The fourth-order valence-electron chi connectivity index (χ4n) is 3.03. The zero-order valence-electron chi connectivity index (χ0n) is 17.6. The van der Waals surface area contributed by atoms with Crippen LogP contribution in [0.3, 0.4) is 0 Å². The third-order valence-electron chi connectivity index (χ3n) is 4.56. The van der Waals surface area contributed by atoms with E-state index in [1.54, 1.807) is 48.5 Å². The molecule has 0 spiro atoms. The maximum Gasteiger partial charge on any atom is 0.270 e. The molecule has 4 aromatic rings. The van der Waals surface area contributed by atoms with Crippen molar-refractivity contribution in [3.8, 4) is 28.8 Å². The first kappa shape index (κ1) is 23.1. The Hall–Kier alpha value is -4.06. The number of hydrogen-bond acceptors (Lipinski definition) is 6. The van der Waals surface area contributed by atoms with Crippen LogP contribution in [0.2, 0.25) is 5.02 Å². The highest BCUT2D eigenvalue weighted by Gasteiger charge is 2.15. The van der Waals surface area contributed by atoms with Gasteiger partial charge in [0.15, 0.2) is 5.16 Å². The lowest BCUT2D eigenvalue weighted by atomic mass is 10.1. The summed E-state index contributed by atoms with van der Waals surface area (Å²) in [5, 5.41) is 12.9. The Labute approximate surface area is 204 Å². The van der Waals surface area contributed by atoms with Crippen LogP contribution in [0.25, 0.3) is 11.3 Å². The summed E-state index contributed by atoms with van der Waals surface area (Å²) in [7, 11) is 0. The van der Waals surface area contributed by atoms with E-state index in [0.29, 0.717) is 22.0 Å². The fourth-order valence-corrected chi connectivity index (χ4v) is 3.88. The van der Waals surface area contributed by atoms with Crippen molar-refractivity contribution in [2.75, 3.05) is 11.1 Å². The van der Waals surface area contributed by atoms with E-state index in [4.69, 9.17) is 16.3 Å². The van der Waals surface area contributed by atoms with Gasteiger partial charge in [0.25, 0.3) is 5.56 Å². The van der Waals surface area contributed by atoms with Crippen LogP contribution in [0.15, 0.2) is 88.8 Å². The Bertz CT molecular complexity index is 1420. The Morgan fingerprint density at radius 2 is 1.79 bits per heavy atom. The lowest BCUT2D eigenvalue weighted by molar-refractivity contribution is -0.113. The Morgan fingerprint density at radius 1 is 1.06 bits per heavy atom. The number of H-pyrrole nitrogens is 1. The smallest absolute Gasteiger partial charge is 0.270 e. The van der Waals surface area contributed by atoms with E-state index in [1.165, 1.54) is 0 Å². The number of rotatable bonds is 7. The van der Waals surface area contributed by atoms with Crippen molar-refractivity contribution in [1.29, 1.82) is 5.26 Å².